The molecule has 2 N–H and O–H groups in total. The molecule has 2 aromatic heterocycles. The van der Waals surface area contributed by atoms with Crippen LogP contribution >= 0.6 is 39.1 Å². The van der Waals surface area contributed by atoms with Crippen LogP contribution in [0.1, 0.15) is 0 Å². The van der Waals surface area contributed by atoms with E-state index in [1.807, 2.05) is 0 Å². The Morgan fingerprint density at radius 2 is 1.50 bits per heavy atom. The molecule has 0 saturated carbocycles. The number of rotatable bonds is 1. The molecule has 0 atom stereocenters. The highest BCUT2D eigenvalue weighted by atomic mass is 79.9. The van der Waals surface area contributed by atoms with Crippen molar-refractivity contribution in [1.82, 2.24) is 9.97 Å². The Morgan fingerprint density at radius 3 is 1.90 bits per heavy atom. The molecule has 0 spiro atoms. The monoisotopic (exact) mass is 384 g/mol. The lowest BCUT2D eigenvalue weighted by Gasteiger charge is -1.98. The Labute approximate surface area is 131 Å². The highest BCUT2D eigenvalue weighted by Crippen LogP contribution is 2.15. The van der Waals surface area contributed by atoms with Gasteiger partial charge in [-0.05, 0) is 28.1 Å². The van der Waals surface area contributed by atoms with Crippen LogP contribution in [0.15, 0.2) is 29.0 Å². The van der Waals surface area contributed by atoms with Crippen molar-refractivity contribution in [3.8, 4) is 0 Å². The molecule has 2 rings (SSSR count). The number of hydrogen-bond acceptors (Lipinski definition) is 4. The van der Waals surface area contributed by atoms with Gasteiger partial charge in [0.2, 0.25) is 0 Å². The van der Waals surface area contributed by atoms with E-state index in [9.17, 15) is 8.78 Å². The van der Waals surface area contributed by atoms with Crippen molar-refractivity contribution in [3.63, 3.8) is 0 Å². The summed E-state index contributed by atoms with van der Waals surface area (Å²) in [4.78, 5) is 6.89. The fraction of sp³-hybridized carbons (Fsp3) is 0. The van der Waals surface area contributed by atoms with Gasteiger partial charge in [-0.3, -0.25) is 0 Å². The molecule has 0 amide bonds. The van der Waals surface area contributed by atoms with Crippen LogP contribution in [0.2, 0.25) is 10.3 Å². The SMILES string of the molecule is Fc1cc(Br)cnc1Cl.OB(O)c1cnc(Cl)c(F)c1. The maximum Gasteiger partial charge on any atom is 0.490 e. The van der Waals surface area contributed by atoms with Gasteiger partial charge in [0.1, 0.15) is 0 Å². The number of hydrogen-bond donors (Lipinski definition) is 2. The molecular weight excluding hydrogens is 380 g/mol. The van der Waals surface area contributed by atoms with E-state index in [4.69, 9.17) is 33.2 Å². The maximum absolute atomic E-state index is 12.5. The van der Waals surface area contributed by atoms with E-state index < -0.39 is 18.8 Å². The summed E-state index contributed by atoms with van der Waals surface area (Å²) in [5.74, 6) is -1.27. The van der Waals surface area contributed by atoms with Gasteiger partial charge in [-0.25, -0.2) is 18.7 Å². The first-order valence-electron chi connectivity index (χ1n) is 4.95. The maximum atomic E-state index is 12.5. The number of halogens is 5. The van der Waals surface area contributed by atoms with Crippen LogP contribution in [0.4, 0.5) is 8.78 Å². The van der Waals surface area contributed by atoms with Gasteiger partial charge < -0.3 is 10.0 Å². The van der Waals surface area contributed by atoms with Crippen molar-refractivity contribution in [3.05, 3.63) is 50.9 Å². The topological polar surface area (TPSA) is 66.2 Å². The summed E-state index contributed by atoms with van der Waals surface area (Å²) in [5.41, 5.74) is -0.0214. The van der Waals surface area contributed by atoms with Gasteiger partial charge in [0, 0.05) is 22.3 Å². The Kier molecular flexibility index (Phi) is 6.77. The second kappa shape index (κ2) is 7.85. The Balaban J connectivity index is 0.000000204. The van der Waals surface area contributed by atoms with Gasteiger partial charge in [0.05, 0.1) is 0 Å². The Morgan fingerprint density at radius 1 is 1.00 bits per heavy atom. The average Bonchev–Trinajstić information content (AvgIpc) is 2.38. The summed E-state index contributed by atoms with van der Waals surface area (Å²) >= 11 is 13.5. The molecule has 2 aromatic rings. The van der Waals surface area contributed by atoms with Gasteiger partial charge in [-0.15, -0.1) is 0 Å². The highest BCUT2D eigenvalue weighted by molar-refractivity contribution is 9.10. The van der Waals surface area contributed by atoms with Crippen molar-refractivity contribution in [2.75, 3.05) is 0 Å². The number of pyridine rings is 2. The average molecular weight is 386 g/mol. The van der Waals surface area contributed by atoms with Gasteiger partial charge in [-0.2, -0.15) is 0 Å². The van der Waals surface area contributed by atoms with E-state index >= 15 is 0 Å². The first kappa shape index (κ1) is 17.3. The van der Waals surface area contributed by atoms with Crippen molar-refractivity contribution in [1.29, 1.82) is 0 Å². The lowest BCUT2D eigenvalue weighted by atomic mass is 9.82. The van der Waals surface area contributed by atoms with Crippen molar-refractivity contribution < 1.29 is 18.8 Å². The number of nitrogens with zero attached hydrogens (tertiary/aromatic N) is 2. The summed E-state index contributed by atoms with van der Waals surface area (Å²) in [6.45, 7) is 0. The summed E-state index contributed by atoms with van der Waals surface area (Å²) in [6.07, 6.45) is 2.53. The van der Waals surface area contributed by atoms with E-state index in [0.717, 1.165) is 12.3 Å². The minimum absolute atomic E-state index is 0.0214. The Hall–Kier alpha value is -0.795. The molecule has 0 aliphatic rings. The smallest absolute Gasteiger partial charge is 0.423 e. The van der Waals surface area contributed by atoms with E-state index in [1.54, 1.807) is 0 Å². The molecule has 0 aromatic carbocycles. The molecule has 0 fully saturated rings. The molecule has 0 unspecified atom stereocenters. The molecule has 106 valence electrons. The summed E-state index contributed by atoms with van der Waals surface area (Å²) < 4.78 is 25.5. The number of aromatic nitrogens is 2. The van der Waals surface area contributed by atoms with E-state index in [2.05, 4.69) is 25.9 Å². The predicted molar refractivity (Wildman–Crippen MR) is 75.9 cm³/mol. The molecule has 2 heterocycles. The third kappa shape index (κ3) is 5.30. The zero-order chi connectivity index (χ0) is 15.3. The second-order valence-electron chi connectivity index (χ2n) is 3.34. The van der Waals surface area contributed by atoms with Crippen molar-refractivity contribution in [2.45, 2.75) is 0 Å². The van der Waals surface area contributed by atoms with E-state index in [0.29, 0.717) is 4.47 Å². The minimum Gasteiger partial charge on any atom is -0.423 e. The summed E-state index contributed by atoms with van der Waals surface area (Å²) in [5, 5.41) is 16.7. The fourth-order valence-electron chi connectivity index (χ4n) is 0.975. The van der Waals surface area contributed by atoms with Gasteiger partial charge in [0.15, 0.2) is 21.9 Å². The standard InChI is InChI=1S/C5H4BClFNO2.C5H2BrClFN/c7-5-4(8)1-3(2-9-5)6(10)11;6-3-1-4(8)5(7)9-2-3/h1-2,10-11H;1-2H. The quantitative estimate of drug-likeness (QED) is 0.583. The van der Waals surface area contributed by atoms with Crippen LogP contribution in [-0.4, -0.2) is 27.1 Å². The van der Waals surface area contributed by atoms with Crippen LogP contribution < -0.4 is 5.46 Å². The van der Waals surface area contributed by atoms with Gasteiger partial charge in [-0.1, -0.05) is 23.2 Å². The largest absolute Gasteiger partial charge is 0.490 e. The van der Waals surface area contributed by atoms with E-state index in [1.165, 1.54) is 12.3 Å². The second-order valence-corrected chi connectivity index (χ2v) is 4.97. The molecule has 0 aliphatic carbocycles. The zero-order valence-electron chi connectivity index (χ0n) is 9.57. The molecule has 0 saturated heterocycles. The third-order valence-electron chi connectivity index (χ3n) is 1.88. The fourth-order valence-corrected chi connectivity index (χ4v) is 1.49. The molecule has 10 heteroatoms. The Bertz CT molecular complexity index is 607. The first-order chi connectivity index (χ1) is 9.31. The van der Waals surface area contributed by atoms with Gasteiger partial charge in [0.25, 0.3) is 0 Å². The van der Waals surface area contributed by atoms with Gasteiger partial charge >= 0.3 is 7.12 Å². The molecule has 4 nitrogen and oxygen atoms in total. The summed E-state index contributed by atoms with van der Waals surface area (Å²) in [7, 11) is -1.71. The van der Waals surface area contributed by atoms with E-state index in [-0.39, 0.29) is 15.8 Å². The predicted octanol–water partition coefficient (Wildman–Crippen LogP) is 2.19. The molecule has 20 heavy (non-hydrogen) atoms. The van der Waals surface area contributed by atoms with Crippen molar-refractivity contribution >= 4 is 51.7 Å². The summed E-state index contributed by atoms with van der Waals surface area (Å²) in [6, 6.07) is 2.18. The molecule has 0 radical (unpaired) electrons. The lowest BCUT2D eigenvalue weighted by molar-refractivity contribution is 0.425. The minimum atomic E-state index is -1.71. The highest BCUT2D eigenvalue weighted by Gasteiger charge is 2.13. The van der Waals surface area contributed by atoms with Crippen LogP contribution in [0.5, 0.6) is 0 Å². The van der Waals surface area contributed by atoms with Crippen molar-refractivity contribution in [2.24, 2.45) is 0 Å². The molecule has 0 bridgehead atoms. The van der Waals surface area contributed by atoms with Crippen LogP contribution in [0.25, 0.3) is 0 Å². The van der Waals surface area contributed by atoms with Crippen LogP contribution in [0, 0.1) is 11.6 Å². The zero-order valence-corrected chi connectivity index (χ0v) is 12.7. The molecular formula is C10H6BBrCl2F2N2O2. The third-order valence-corrected chi connectivity index (χ3v) is 2.87. The van der Waals surface area contributed by atoms with Crippen LogP contribution in [0.3, 0.4) is 0 Å². The lowest BCUT2D eigenvalue weighted by Crippen LogP contribution is -2.30. The first-order valence-corrected chi connectivity index (χ1v) is 6.49. The van der Waals surface area contributed by atoms with Crippen LogP contribution in [-0.2, 0) is 0 Å². The normalized spacial score (nSPS) is 9.75. The molecule has 0 aliphatic heterocycles.